The summed E-state index contributed by atoms with van der Waals surface area (Å²) in [6, 6.07) is 17.7. The highest BCUT2D eigenvalue weighted by Gasteiger charge is 2.12. The topological polar surface area (TPSA) is 102 Å². The third kappa shape index (κ3) is 6.19. The fraction of sp³-hybridized carbons (Fsp3) is 0.346. The maximum Gasteiger partial charge on any atom is 0.257 e. The number of aryl methyl sites for hydroxylation is 1. The predicted octanol–water partition coefficient (Wildman–Crippen LogP) is 3.42. The minimum Gasteiger partial charge on any atom is -0.476 e. The summed E-state index contributed by atoms with van der Waals surface area (Å²) >= 11 is 0. The van der Waals surface area contributed by atoms with Gasteiger partial charge in [-0.25, -0.2) is 5.10 Å². The van der Waals surface area contributed by atoms with Gasteiger partial charge in [0.15, 0.2) is 5.82 Å². The van der Waals surface area contributed by atoms with Gasteiger partial charge in [-0.05, 0) is 47.6 Å². The Labute approximate surface area is 204 Å². The lowest BCUT2D eigenvalue weighted by atomic mass is 9.98. The zero-order valence-electron chi connectivity index (χ0n) is 20.4. The van der Waals surface area contributed by atoms with Gasteiger partial charge in [-0.15, -0.1) is 5.10 Å². The van der Waals surface area contributed by atoms with E-state index in [2.05, 4.69) is 44.7 Å². The molecule has 0 aliphatic carbocycles. The van der Waals surface area contributed by atoms with Gasteiger partial charge >= 0.3 is 0 Å². The largest absolute Gasteiger partial charge is 0.476 e. The molecule has 0 aliphatic rings. The number of rotatable bonds is 11. The molecule has 9 heteroatoms. The van der Waals surface area contributed by atoms with Crippen LogP contribution in [0.4, 0.5) is 0 Å². The van der Waals surface area contributed by atoms with E-state index in [1.165, 1.54) is 6.07 Å². The summed E-state index contributed by atoms with van der Waals surface area (Å²) in [5, 5.41) is 14.3. The van der Waals surface area contributed by atoms with Gasteiger partial charge in [-0.1, -0.05) is 61.9 Å². The smallest absolute Gasteiger partial charge is 0.257 e. The maximum absolute atomic E-state index is 13.0. The van der Waals surface area contributed by atoms with E-state index in [4.69, 9.17) is 4.74 Å². The van der Waals surface area contributed by atoms with Crippen molar-refractivity contribution in [1.82, 2.24) is 35.1 Å². The molecule has 2 aromatic carbocycles. The quantitative estimate of drug-likeness (QED) is 0.356. The van der Waals surface area contributed by atoms with E-state index in [0.717, 1.165) is 53.9 Å². The summed E-state index contributed by atoms with van der Waals surface area (Å²) in [6.07, 6.45) is 2.71. The molecule has 0 aliphatic heterocycles. The summed E-state index contributed by atoms with van der Waals surface area (Å²) < 4.78 is 7.49. The maximum atomic E-state index is 13.0. The lowest BCUT2D eigenvalue weighted by Crippen LogP contribution is -2.26. The molecule has 4 aromatic rings. The highest BCUT2D eigenvalue weighted by molar-refractivity contribution is 5.80. The monoisotopic (exact) mass is 473 g/mol. The number of tetrazole rings is 1. The number of H-pyrrole nitrogens is 1. The van der Waals surface area contributed by atoms with Gasteiger partial charge in [0.05, 0.1) is 12.6 Å². The number of aromatic amines is 1. The van der Waals surface area contributed by atoms with Gasteiger partial charge in [0.2, 0.25) is 5.88 Å². The average Bonchev–Trinajstić information content (AvgIpc) is 3.40. The number of ether oxygens (including phenoxy) is 1. The molecule has 2 aromatic heterocycles. The first-order valence-electron chi connectivity index (χ1n) is 11.9. The van der Waals surface area contributed by atoms with Crippen molar-refractivity contribution >= 4 is 0 Å². The number of aromatic nitrogens is 6. The summed E-state index contributed by atoms with van der Waals surface area (Å²) in [5.41, 5.74) is 3.92. The highest BCUT2D eigenvalue weighted by atomic mass is 16.5. The van der Waals surface area contributed by atoms with Crippen LogP contribution in [0, 0.1) is 0 Å². The van der Waals surface area contributed by atoms with Gasteiger partial charge < -0.3 is 9.64 Å². The number of nitrogens with zero attached hydrogens (tertiary/aromatic N) is 6. The molecule has 182 valence electrons. The van der Waals surface area contributed by atoms with E-state index in [1.54, 1.807) is 4.57 Å². The van der Waals surface area contributed by atoms with Crippen molar-refractivity contribution in [2.24, 2.45) is 0 Å². The average molecular weight is 474 g/mol. The third-order valence-electron chi connectivity index (χ3n) is 5.74. The predicted molar refractivity (Wildman–Crippen MR) is 135 cm³/mol. The number of likely N-dealkylation sites (N-methyl/N-ethyl adjacent to an activating group) is 1. The molecule has 0 bridgehead atoms. The number of hydrogen-bond donors (Lipinski definition) is 1. The van der Waals surface area contributed by atoms with Crippen molar-refractivity contribution in [3.8, 4) is 28.4 Å². The zero-order valence-corrected chi connectivity index (χ0v) is 20.4. The summed E-state index contributed by atoms with van der Waals surface area (Å²) in [6.45, 7) is 3.84. The Hall–Kier alpha value is -3.85. The van der Waals surface area contributed by atoms with Gasteiger partial charge in [0, 0.05) is 18.5 Å². The molecule has 0 saturated heterocycles. The van der Waals surface area contributed by atoms with Crippen LogP contribution in [0.1, 0.15) is 31.2 Å². The third-order valence-corrected chi connectivity index (χ3v) is 5.74. The van der Waals surface area contributed by atoms with Crippen molar-refractivity contribution in [1.29, 1.82) is 0 Å². The van der Waals surface area contributed by atoms with E-state index in [9.17, 15) is 4.79 Å². The summed E-state index contributed by atoms with van der Waals surface area (Å²) in [5.74, 6) is 1.77. The molecule has 2 heterocycles. The second-order valence-corrected chi connectivity index (χ2v) is 8.68. The van der Waals surface area contributed by atoms with Crippen LogP contribution in [0.25, 0.3) is 22.5 Å². The van der Waals surface area contributed by atoms with Crippen LogP contribution in [0.3, 0.4) is 0 Å². The number of nitrogens with one attached hydrogen (secondary N) is 1. The second-order valence-electron chi connectivity index (χ2n) is 8.68. The van der Waals surface area contributed by atoms with Crippen molar-refractivity contribution in [3.63, 3.8) is 0 Å². The Morgan fingerprint density at radius 1 is 1.06 bits per heavy atom. The second kappa shape index (κ2) is 11.5. The van der Waals surface area contributed by atoms with Gasteiger partial charge in [0.25, 0.3) is 5.56 Å². The molecule has 0 spiro atoms. The summed E-state index contributed by atoms with van der Waals surface area (Å²) in [7, 11) is 3.97. The van der Waals surface area contributed by atoms with E-state index in [-0.39, 0.29) is 5.56 Å². The Balaban J connectivity index is 1.57. The minimum atomic E-state index is -0.0989. The first kappa shape index (κ1) is 24.3. The Bertz CT molecular complexity index is 1280. The van der Waals surface area contributed by atoms with Crippen molar-refractivity contribution in [2.45, 2.75) is 32.7 Å². The van der Waals surface area contributed by atoms with Crippen LogP contribution in [-0.2, 0) is 13.0 Å². The van der Waals surface area contributed by atoms with Crippen molar-refractivity contribution in [3.05, 3.63) is 76.3 Å². The van der Waals surface area contributed by atoms with Gasteiger partial charge in [0.1, 0.15) is 12.4 Å². The Morgan fingerprint density at radius 2 is 1.83 bits per heavy atom. The fourth-order valence-corrected chi connectivity index (χ4v) is 3.82. The number of unbranched alkanes of at least 4 members (excludes halogenated alkanes) is 1. The SMILES string of the molecule is CCCCc1nc(OCCN(C)C)cc(=O)n1Cc1ccc(-c2ccccc2-c2nnn[nH]2)cc1. The molecule has 0 radical (unpaired) electrons. The van der Waals surface area contributed by atoms with Gasteiger partial charge in [-0.3, -0.25) is 9.36 Å². The lowest BCUT2D eigenvalue weighted by Gasteiger charge is -2.15. The molecule has 4 rings (SSSR count). The van der Waals surface area contributed by atoms with E-state index >= 15 is 0 Å². The van der Waals surface area contributed by atoms with Crippen LogP contribution in [-0.4, -0.2) is 62.3 Å². The molecule has 35 heavy (non-hydrogen) atoms. The first-order valence-corrected chi connectivity index (χ1v) is 11.9. The standard InChI is InChI=1S/C26H31N7O2/c1-4-5-10-23-27-24(35-16-15-32(2)3)17-25(34)33(23)18-19-11-13-20(14-12-19)21-8-6-7-9-22(21)26-28-30-31-29-26/h6-9,11-14,17H,4-5,10,15-16,18H2,1-3H3,(H,28,29,30,31). The normalized spacial score (nSPS) is 11.2. The van der Waals surface area contributed by atoms with Crippen molar-refractivity contribution < 1.29 is 4.74 Å². The molecule has 0 atom stereocenters. The van der Waals surface area contributed by atoms with Crippen molar-refractivity contribution in [2.75, 3.05) is 27.2 Å². The Kier molecular flexibility index (Phi) is 7.99. The molecule has 0 amide bonds. The summed E-state index contributed by atoms with van der Waals surface area (Å²) in [4.78, 5) is 19.7. The van der Waals surface area contributed by atoms with Gasteiger partial charge in [-0.2, -0.15) is 4.98 Å². The number of benzene rings is 2. The van der Waals surface area contributed by atoms with Crippen LogP contribution in [0.15, 0.2) is 59.4 Å². The van der Waals surface area contributed by atoms with Crippen LogP contribution in [0.5, 0.6) is 5.88 Å². The fourth-order valence-electron chi connectivity index (χ4n) is 3.82. The highest BCUT2D eigenvalue weighted by Crippen LogP contribution is 2.29. The number of hydrogen-bond acceptors (Lipinski definition) is 7. The molecular weight excluding hydrogens is 442 g/mol. The van der Waals surface area contributed by atoms with E-state index in [1.807, 2.05) is 55.4 Å². The zero-order chi connectivity index (χ0) is 24.6. The van der Waals surface area contributed by atoms with Crippen LogP contribution >= 0.6 is 0 Å². The van der Waals surface area contributed by atoms with E-state index < -0.39 is 0 Å². The Morgan fingerprint density at radius 3 is 2.51 bits per heavy atom. The lowest BCUT2D eigenvalue weighted by molar-refractivity contribution is 0.251. The van der Waals surface area contributed by atoms with Crippen LogP contribution < -0.4 is 10.3 Å². The molecule has 9 nitrogen and oxygen atoms in total. The molecule has 0 saturated carbocycles. The van der Waals surface area contributed by atoms with Crippen LogP contribution in [0.2, 0.25) is 0 Å². The molecule has 1 N–H and O–H groups in total. The first-order chi connectivity index (χ1) is 17.0. The van der Waals surface area contributed by atoms with E-state index in [0.29, 0.717) is 24.9 Å². The molecule has 0 fully saturated rings. The molecule has 0 unspecified atom stereocenters. The minimum absolute atomic E-state index is 0.0989. The molecular formula is C26H31N7O2.